The number of carbonyl (C=O) groups is 1. The van der Waals surface area contributed by atoms with Crippen molar-refractivity contribution in [2.24, 2.45) is 22.0 Å². The summed E-state index contributed by atoms with van der Waals surface area (Å²) >= 11 is 0. The second-order valence-electron chi connectivity index (χ2n) is 6.81. The quantitative estimate of drug-likeness (QED) is 0.679. The summed E-state index contributed by atoms with van der Waals surface area (Å²) in [6.07, 6.45) is 0.272. The van der Waals surface area contributed by atoms with Crippen LogP contribution in [0.2, 0.25) is 0 Å². The number of nitro benzene ring substituents is 1. The van der Waals surface area contributed by atoms with Crippen molar-refractivity contribution in [2.45, 2.75) is 38.7 Å². The Labute approximate surface area is 139 Å². The minimum Gasteiger partial charge on any atom is -0.389 e. The maximum Gasteiger partial charge on any atom is 0.269 e. The predicted octanol–water partition coefficient (Wildman–Crippen LogP) is 2.49. The fraction of sp³-hybridized carbons (Fsp3) is 0.471. The van der Waals surface area contributed by atoms with Crippen LogP contribution in [0.3, 0.4) is 0 Å². The molecular weight excluding hydrogens is 310 g/mol. The van der Waals surface area contributed by atoms with Gasteiger partial charge in [-0.25, -0.2) is 0 Å². The summed E-state index contributed by atoms with van der Waals surface area (Å²) in [5, 5.41) is 30.3. The third-order valence-electron chi connectivity index (χ3n) is 4.98. The molecular formula is C17H19N3O4. The number of benzene rings is 1. The highest BCUT2D eigenvalue weighted by Gasteiger charge is 2.53. The standard InChI is InChI=1S/C17H19N3O4/c1-9-14-13(19-18-9)8-17(3,22)16(10(2)21)15(14)11-5-4-6-12(7-11)20(23)24/h4-7,14-16,22H,8H2,1-3H3/t14-,15-,16-,17-/m0/s1. The molecule has 2 aliphatic rings. The minimum atomic E-state index is -1.27. The van der Waals surface area contributed by atoms with Crippen molar-refractivity contribution >= 4 is 22.9 Å². The molecule has 0 saturated heterocycles. The van der Waals surface area contributed by atoms with Crippen molar-refractivity contribution in [1.82, 2.24) is 0 Å². The van der Waals surface area contributed by atoms with E-state index in [-0.39, 0.29) is 23.8 Å². The number of nitrogens with zero attached hydrogens (tertiary/aromatic N) is 3. The zero-order valence-corrected chi connectivity index (χ0v) is 13.8. The van der Waals surface area contributed by atoms with Crippen LogP contribution in [0.25, 0.3) is 0 Å². The fourth-order valence-corrected chi connectivity index (χ4v) is 4.10. The van der Waals surface area contributed by atoms with Crippen LogP contribution in [0.15, 0.2) is 34.5 Å². The highest BCUT2D eigenvalue weighted by atomic mass is 16.6. The molecule has 4 atom stereocenters. The molecule has 0 spiro atoms. The molecule has 7 heteroatoms. The smallest absolute Gasteiger partial charge is 0.269 e. The summed E-state index contributed by atoms with van der Waals surface area (Å²) in [7, 11) is 0. The van der Waals surface area contributed by atoms with E-state index >= 15 is 0 Å². The van der Waals surface area contributed by atoms with Crippen molar-refractivity contribution in [3.63, 3.8) is 0 Å². The van der Waals surface area contributed by atoms with Crippen molar-refractivity contribution in [3.8, 4) is 0 Å². The summed E-state index contributed by atoms with van der Waals surface area (Å²) < 4.78 is 0. The molecule has 1 aliphatic carbocycles. The number of aliphatic hydroxyl groups is 1. The maximum atomic E-state index is 12.3. The van der Waals surface area contributed by atoms with E-state index in [1.807, 2.05) is 6.92 Å². The van der Waals surface area contributed by atoms with Gasteiger partial charge in [0.15, 0.2) is 0 Å². The van der Waals surface area contributed by atoms with E-state index in [2.05, 4.69) is 10.2 Å². The second-order valence-corrected chi connectivity index (χ2v) is 6.81. The van der Waals surface area contributed by atoms with Crippen LogP contribution in [-0.4, -0.2) is 32.8 Å². The first-order valence-corrected chi connectivity index (χ1v) is 7.80. The van der Waals surface area contributed by atoms with Crippen LogP contribution in [0.5, 0.6) is 0 Å². The second kappa shape index (κ2) is 5.59. The molecule has 126 valence electrons. The topological polar surface area (TPSA) is 105 Å². The average Bonchev–Trinajstić information content (AvgIpc) is 2.85. The van der Waals surface area contributed by atoms with E-state index in [1.54, 1.807) is 19.1 Å². The van der Waals surface area contributed by atoms with Crippen LogP contribution in [0.4, 0.5) is 5.69 Å². The van der Waals surface area contributed by atoms with Gasteiger partial charge in [-0.3, -0.25) is 14.9 Å². The Hall–Kier alpha value is -2.41. The molecule has 1 heterocycles. The van der Waals surface area contributed by atoms with Gasteiger partial charge in [0.25, 0.3) is 5.69 Å². The molecule has 1 aromatic carbocycles. The van der Waals surface area contributed by atoms with Crippen LogP contribution >= 0.6 is 0 Å². The number of non-ortho nitro benzene ring substituents is 1. The normalized spacial score (nSPS) is 31.9. The van der Waals surface area contributed by atoms with Gasteiger partial charge < -0.3 is 5.11 Å². The average molecular weight is 329 g/mol. The van der Waals surface area contributed by atoms with Crippen LogP contribution in [-0.2, 0) is 4.79 Å². The molecule has 1 saturated carbocycles. The largest absolute Gasteiger partial charge is 0.389 e. The summed E-state index contributed by atoms with van der Waals surface area (Å²) in [4.78, 5) is 23.0. The molecule has 0 bridgehead atoms. The number of hydrogen-bond acceptors (Lipinski definition) is 6. The van der Waals surface area contributed by atoms with Gasteiger partial charge in [0.05, 0.1) is 22.2 Å². The van der Waals surface area contributed by atoms with Gasteiger partial charge in [0.1, 0.15) is 5.78 Å². The third kappa shape index (κ3) is 2.54. The summed E-state index contributed by atoms with van der Waals surface area (Å²) in [6, 6.07) is 6.26. The Morgan fingerprint density at radius 1 is 1.42 bits per heavy atom. The fourth-order valence-electron chi connectivity index (χ4n) is 4.10. The lowest BCUT2D eigenvalue weighted by atomic mass is 9.59. The van der Waals surface area contributed by atoms with Crippen LogP contribution in [0, 0.1) is 22.0 Å². The monoisotopic (exact) mass is 329 g/mol. The summed E-state index contributed by atoms with van der Waals surface area (Å²) in [5.74, 6) is -1.45. The number of carbonyl (C=O) groups excluding carboxylic acids is 1. The van der Waals surface area contributed by atoms with Gasteiger partial charge >= 0.3 is 0 Å². The van der Waals surface area contributed by atoms with Gasteiger partial charge in [-0.1, -0.05) is 12.1 Å². The molecule has 3 rings (SSSR count). The molecule has 0 amide bonds. The maximum absolute atomic E-state index is 12.3. The van der Waals surface area contributed by atoms with Crippen molar-refractivity contribution in [1.29, 1.82) is 0 Å². The number of nitro groups is 1. The first-order chi connectivity index (χ1) is 11.2. The Bertz CT molecular complexity index is 782. The highest BCUT2D eigenvalue weighted by Crippen LogP contribution is 2.48. The predicted molar refractivity (Wildman–Crippen MR) is 89.3 cm³/mol. The van der Waals surface area contributed by atoms with Crippen molar-refractivity contribution < 1.29 is 14.8 Å². The molecule has 7 nitrogen and oxygen atoms in total. The lowest BCUT2D eigenvalue weighted by molar-refractivity contribution is -0.385. The highest BCUT2D eigenvalue weighted by molar-refractivity contribution is 6.12. The Morgan fingerprint density at radius 3 is 2.75 bits per heavy atom. The first-order valence-electron chi connectivity index (χ1n) is 7.80. The van der Waals surface area contributed by atoms with E-state index in [0.29, 0.717) is 5.56 Å². The SMILES string of the molecule is CC(=O)[C@H]1[C@@H](c2cccc([N+](=O)[O-])c2)[C@H]2C(C)=NN=C2C[C@]1(C)O. The molecule has 0 unspecified atom stereocenters. The Balaban J connectivity index is 2.17. The van der Waals surface area contributed by atoms with Crippen LogP contribution in [0.1, 0.15) is 38.7 Å². The van der Waals surface area contributed by atoms with E-state index in [0.717, 1.165) is 11.4 Å². The first kappa shape index (κ1) is 16.4. The molecule has 1 N–H and O–H groups in total. The molecule has 1 fully saturated rings. The Kier molecular flexibility index (Phi) is 3.83. The van der Waals surface area contributed by atoms with E-state index in [4.69, 9.17) is 0 Å². The molecule has 1 aromatic rings. The third-order valence-corrected chi connectivity index (χ3v) is 4.98. The number of ketones is 1. The van der Waals surface area contributed by atoms with Gasteiger partial charge in [-0.05, 0) is 26.3 Å². The summed E-state index contributed by atoms with van der Waals surface area (Å²) in [5.41, 5.74) is 0.843. The Morgan fingerprint density at radius 2 is 2.12 bits per heavy atom. The number of Topliss-reactive ketones (excluding diaryl/α,β-unsaturated/α-hetero) is 1. The molecule has 1 aliphatic heterocycles. The molecule has 0 radical (unpaired) electrons. The zero-order chi connectivity index (χ0) is 17.6. The number of hydrogen-bond donors (Lipinski definition) is 1. The van der Waals surface area contributed by atoms with Crippen LogP contribution < -0.4 is 0 Å². The lowest BCUT2D eigenvalue weighted by Gasteiger charge is -2.45. The van der Waals surface area contributed by atoms with E-state index < -0.39 is 22.4 Å². The molecule has 0 aromatic heterocycles. The number of fused-ring (bicyclic) bond motifs is 1. The minimum absolute atomic E-state index is 0.0360. The van der Waals surface area contributed by atoms with Gasteiger partial charge in [0.2, 0.25) is 0 Å². The number of rotatable bonds is 3. The van der Waals surface area contributed by atoms with E-state index in [1.165, 1.54) is 19.1 Å². The van der Waals surface area contributed by atoms with Crippen molar-refractivity contribution in [3.05, 3.63) is 39.9 Å². The lowest BCUT2D eigenvalue weighted by Crippen LogP contribution is -2.53. The van der Waals surface area contributed by atoms with Gasteiger partial charge in [-0.2, -0.15) is 10.2 Å². The zero-order valence-electron chi connectivity index (χ0n) is 13.8. The van der Waals surface area contributed by atoms with E-state index in [9.17, 15) is 20.0 Å². The van der Waals surface area contributed by atoms with Gasteiger partial charge in [0, 0.05) is 36.1 Å². The van der Waals surface area contributed by atoms with Crippen molar-refractivity contribution in [2.75, 3.05) is 0 Å². The van der Waals surface area contributed by atoms with Gasteiger partial charge in [-0.15, -0.1) is 0 Å². The molecule has 24 heavy (non-hydrogen) atoms. The summed E-state index contributed by atoms with van der Waals surface area (Å²) in [6.45, 7) is 4.91.